The van der Waals surface area contributed by atoms with E-state index in [1.807, 2.05) is 20.8 Å². The number of aliphatic hydroxyl groups is 2. The zero-order chi connectivity index (χ0) is 20.0. The van der Waals surface area contributed by atoms with Gasteiger partial charge < -0.3 is 29.9 Å². The molecule has 1 aliphatic rings. The summed E-state index contributed by atoms with van der Waals surface area (Å²) >= 11 is 0. The first kappa shape index (κ1) is 21.2. The monoisotopic (exact) mass is 384 g/mol. The fourth-order valence-electron chi connectivity index (χ4n) is 2.67. The van der Waals surface area contributed by atoms with Crippen LogP contribution in [0.1, 0.15) is 33.6 Å². The highest BCUT2D eigenvalue weighted by Crippen LogP contribution is 2.25. The molecular formula is C19H29FN2O5. The van der Waals surface area contributed by atoms with Gasteiger partial charge in [-0.25, -0.2) is 9.18 Å². The Balaban J connectivity index is 1.83. The van der Waals surface area contributed by atoms with Gasteiger partial charge in [-0.2, -0.15) is 0 Å². The highest BCUT2D eigenvalue weighted by molar-refractivity contribution is 5.68. The maximum Gasteiger partial charge on any atom is 0.410 e. The van der Waals surface area contributed by atoms with Gasteiger partial charge in [0.05, 0.1) is 12.7 Å². The van der Waals surface area contributed by atoms with E-state index in [2.05, 4.69) is 5.32 Å². The molecule has 27 heavy (non-hydrogen) atoms. The fourth-order valence-corrected chi connectivity index (χ4v) is 2.67. The predicted molar refractivity (Wildman–Crippen MR) is 99.4 cm³/mol. The third-order valence-electron chi connectivity index (χ3n) is 4.07. The third kappa shape index (κ3) is 6.88. The Bertz CT molecular complexity index is 627. The number of piperidine rings is 1. The van der Waals surface area contributed by atoms with Crippen molar-refractivity contribution >= 4 is 11.8 Å². The molecule has 152 valence electrons. The molecule has 1 aliphatic heterocycles. The van der Waals surface area contributed by atoms with Gasteiger partial charge in [0.25, 0.3) is 0 Å². The van der Waals surface area contributed by atoms with Crippen molar-refractivity contribution in [3.05, 3.63) is 24.0 Å². The molecule has 0 saturated carbocycles. The van der Waals surface area contributed by atoms with Crippen molar-refractivity contribution in [2.75, 3.05) is 31.6 Å². The molecule has 1 aromatic rings. The topological polar surface area (TPSA) is 91.3 Å². The molecule has 0 aromatic heterocycles. The third-order valence-corrected chi connectivity index (χ3v) is 4.07. The number of benzene rings is 1. The number of rotatable bonds is 6. The standard InChI is InChI=1S/C19H29FN2O5/c1-19(2,3)27-18(25)22-8-6-15(7-9-22)26-17-5-4-13(10-16(17)20)21-11-14(24)12-23/h4-5,10,14-15,21,23-24H,6-9,11-12H2,1-3H3. The first-order valence-electron chi connectivity index (χ1n) is 9.15. The number of anilines is 1. The molecule has 7 nitrogen and oxygen atoms in total. The van der Waals surface area contributed by atoms with E-state index >= 15 is 0 Å². The SMILES string of the molecule is CC(C)(C)OC(=O)N1CCC(Oc2ccc(NCC(O)CO)cc2F)CC1. The van der Waals surface area contributed by atoms with E-state index in [1.165, 1.54) is 12.1 Å². The van der Waals surface area contributed by atoms with Crippen LogP contribution in [-0.2, 0) is 4.74 Å². The number of halogens is 1. The van der Waals surface area contributed by atoms with Crippen LogP contribution in [0, 0.1) is 5.82 Å². The summed E-state index contributed by atoms with van der Waals surface area (Å²) in [5.41, 5.74) is -0.0385. The van der Waals surface area contributed by atoms with Gasteiger partial charge in [0.2, 0.25) is 0 Å². The van der Waals surface area contributed by atoms with Crippen LogP contribution in [-0.4, -0.2) is 65.3 Å². The van der Waals surface area contributed by atoms with Crippen LogP contribution in [0.15, 0.2) is 18.2 Å². The van der Waals surface area contributed by atoms with Crippen molar-refractivity contribution in [3.63, 3.8) is 0 Å². The molecule has 1 aromatic carbocycles. The summed E-state index contributed by atoms with van der Waals surface area (Å²) in [5.74, 6) is -0.355. The number of carbonyl (C=O) groups is 1. The Hall–Kier alpha value is -2.06. The Morgan fingerprint density at radius 1 is 1.37 bits per heavy atom. The highest BCUT2D eigenvalue weighted by Gasteiger charge is 2.28. The Labute approximate surface area is 159 Å². The average Bonchev–Trinajstić information content (AvgIpc) is 2.60. The van der Waals surface area contributed by atoms with E-state index in [-0.39, 0.29) is 31.1 Å². The molecular weight excluding hydrogens is 355 g/mol. The van der Waals surface area contributed by atoms with Gasteiger partial charge in [0.15, 0.2) is 11.6 Å². The van der Waals surface area contributed by atoms with Crippen LogP contribution in [0.5, 0.6) is 5.75 Å². The van der Waals surface area contributed by atoms with E-state index in [0.717, 1.165) is 0 Å². The minimum absolute atomic E-state index is 0.124. The Kier molecular flexibility index (Phi) is 7.26. The molecule has 0 radical (unpaired) electrons. The summed E-state index contributed by atoms with van der Waals surface area (Å²) in [7, 11) is 0. The van der Waals surface area contributed by atoms with Crippen molar-refractivity contribution in [2.45, 2.75) is 51.4 Å². The minimum atomic E-state index is -0.904. The summed E-state index contributed by atoms with van der Waals surface area (Å²) in [4.78, 5) is 13.7. The van der Waals surface area contributed by atoms with Crippen LogP contribution in [0.25, 0.3) is 0 Å². The lowest BCUT2D eigenvalue weighted by atomic mass is 10.1. The summed E-state index contributed by atoms with van der Waals surface area (Å²) in [6.45, 7) is 6.24. The number of hydrogen-bond acceptors (Lipinski definition) is 6. The quantitative estimate of drug-likeness (QED) is 0.698. The highest BCUT2D eigenvalue weighted by atomic mass is 19.1. The van der Waals surface area contributed by atoms with Gasteiger partial charge in [-0.3, -0.25) is 0 Å². The lowest BCUT2D eigenvalue weighted by Gasteiger charge is -2.33. The lowest BCUT2D eigenvalue weighted by Crippen LogP contribution is -2.44. The van der Waals surface area contributed by atoms with Crippen LogP contribution in [0.4, 0.5) is 14.9 Å². The number of nitrogens with zero attached hydrogens (tertiary/aromatic N) is 1. The van der Waals surface area contributed by atoms with Gasteiger partial charge in [0.1, 0.15) is 11.7 Å². The predicted octanol–water partition coefficient (Wildman–Crippen LogP) is 2.37. The van der Waals surface area contributed by atoms with Crippen LogP contribution in [0.2, 0.25) is 0 Å². The van der Waals surface area contributed by atoms with Gasteiger partial charge in [-0.15, -0.1) is 0 Å². The summed E-state index contributed by atoms with van der Waals surface area (Å²) < 4.78 is 25.3. The van der Waals surface area contributed by atoms with Crippen molar-refractivity contribution in [1.29, 1.82) is 0 Å². The summed E-state index contributed by atoms with van der Waals surface area (Å²) in [6, 6.07) is 4.47. The fraction of sp³-hybridized carbons (Fsp3) is 0.632. The van der Waals surface area contributed by atoms with Crippen LogP contribution < -0.4 is 10.1 Å². The zero-order valence-electron chi connectivity index (χ0n) is 16.1. The molecule has 8 heteroatoms. The van der Waals surface area contributed by atoms with E-state index in [1.54, 1.807) is 11.0 Å². The van der Waals surface area contributed by atoms with Gasteiger partial charge in [-0.05, 0) is 32.9 Å². The molecule has 1 unspecified atom stereocenters. The molecule has 1 heterocycles. The molecule has 2 rings (SSSR count). The van der Waals surface area contributed by atoms with Gasteiger partial charge >= 0.3 is 6.09 Å². The van der Waals surface area contributed by atoms with Crippen molar-refractivity contribution < 1.29 is 28.9 Å². The van der Waals surface area contributed by atoms with E-state index in [9.17, 15) is 14.3 Å². The second-order valence-electron chi connectivity index (χ2n) is 7.65. The number of ether oxygens (including phenoxy) is 2. The first-order valence-corrected chi connectivity index (χ1v) is 9.15. The Morgan fingerprint density at radius 3 is 2.59 bits per heavy atom. The second kappa shape index (κ2) is 9.23. The number of carbonyl (C=O) groups excluding carboxylic acids is 1. The Morgan fingerprint density at radius 2 is 2.04 bits per heavy atom. The van der Waals surface area contributed by atoms with Crippen LogP contribution in [0.3, 0.4) is 0 Å². The molecule has 3 N–H and O–H groups in total. The second-order valence-corrected chi connectivity index (χ2v) is 7.65. The smallest absolute Gasteiger partial charge is 0.410 e. The van der Waals surface area contributed by atoms with Crippen molar-refractivity contribution in [1.82, 2.24) is 4.90 Å². The van der Waals surface area contributed by atoms with E-state index in [0.29, 0.717) is 31.6 Å². The maximum atomic E-state index is 14.2. The molecule has 1 atom stereocenters. The largest absolute Gasteiger partial charge is 0.487 e. The summed E-state index contributed by atoms with van der Waals surface area (Å²) in [5, 5.41) is 20.9. The molecule has 1 fully saturated rings. The van der Waals surface area contributed by atoms with Crippen LogP contribution >= 0.6 is 0 Å². The first-order chi connectivity index (χ1) is 12.7. The summed E-state index contributed by atoms with van der Waals surface area (Å²) in [6.07, 6.45) is -0.220. The molecule has 1 amide bonds. The molecule has 0 aliphatic carbocycles. The average molecular weight is 384 g/mol. The van der Waals surface area contributed by atoms with Crippen molar-refractivity contribution in [3.8, 4) is 5.75 Å². The number of likely N-dealkylation sites (tertiary alicyclic amines) is 1. The molecule has 0 bridgehead atoms. The van der Waals surface area contributed by atoms with Crippen molar-refractivity contribution in [2.24, 2.45) is 0 Å². The maximum absolute atomic E-state index is 14.2. The molecule has 0 spiro atoms. The number of hydrogen-bond donors (Lipinski definition) is 3. The normalized spacial score (nSPS) is 16.7. The van der Waals surface area contributed by atoms with Gasteiger partial charge in [-0.1, -0.05) is 0 Å². The molecule has 1 saturated heterocycles. The minimum Gasteiger partial charge on any atom is -0.487 e. The lowest BCUT2D eigenvalue weighted by molar-refractivity contribution is 0.0123. The zero-order valence-corrected chi connectivity index (χ0v) is 16.1. The number of nitrogens with one attached hydrogen (secondary N) is 1. The number of amides is 1. The number of aliphatic hydroxyl groups excluding tert-OH is 2. The van der Waals surface area contributed by atoms with E-state index in [4.69, 9.17) is 14.6 Å². The van der Waals surface area contributed by atoms with E-state index < -0.39 is 17.5 Å². The van der Waals surface area contributed by atoms with Gasteiger partial charge in [0, 0.05) is 44.2 Å².